The number of ether oxygens (including phenoxy) is 1. The molecule has 19 heavy (non-hydrogen) atoms. The Balaban J connectivity index is 2.25. The van der Waals surface area contributed by atoms with Crippen LogP contribution in [-0.4, -0.2) is 13.1 Å². The van der Waals surface area contributed by atoms with Gasteiger partial charge in [0.1, 0.15) is 0 Å². The molecular formula is C17H18O2. The minimum absolute atomic E-state index is 0.160. The third kappa shape index (κ3) is 3.68. The van der Waals surface area contributed by atoms with E-state index < -0.39 is 0 Å². The number of esters is 1. The first-order chi connectivity index (χ1) is 9.31. The van der Waals surface area contributed by atoms with Gasteiger partial charge in [-0.3, -0.25) is 0 Å². The molecule has 0 spiro atoms. The second-order valence-electron chi connectivity index (χ2n) is 4.49. The molecule has 1 unspecified atom stereocenters. The van der Waals surface area contributed by atoms with Gasteiger partial charge in [-0.25, -0.2) is 4.79 Å². The molecule has 0 N–H and O–H groups in total. The van der Waals surface area contributed by atoms with Gasteiger partial charge in [-0.1, -0.05) is 60.7 Å². The molecule has 1 aliphatic carbocycles. The molecule has 0 saturated heterocycles. The van der Waals surface area contributed by atoms with Crippen LogP contribution in [0.4, 0.5) is 0 Å². The van der Waals surface area contributed by atoms with E-state index in [1.165, 1.54) is 18.7 Å². The van der Waals surface area contributed by atoms with Crippen molar-refractivity contribution in [3.05, 3.63) is 72.4 Å². The Labute approximate surface area is 114 Å². The van der Waals surface area contributed by atoms with Crippen molar-refractivity contribution >= 4 is 5.97 Å². The number of hydrogen-bond donors (Lipinski definition) is 0. The first kappa shape index (κ1) is 13.3. The number of methoxy groups -OCH3 is 1. The summed E-state index contributed by atoms with van der Waals surface area (Å²) in [4.78, 5) is 11.3. The fourth-order valence-electron chi connectivity index (χ4n) is 2.24. The second-order valence-corrected chi connectivity index (χ2v) is 4.49. The number of allylic oxidation sites excluding steroid dienone is 5. The smallest absolute Gasteiger partial charge is 0.330 e. The Kier molecular flexibility index (Phi) is 4.73. The molecule has 98 valence electrons. The van der Waals surface area contributed by atoms with Crippen LogP contribution in [0.1, 0.15) is 17.9 Å². The SMILES string of the molecule is COC(=O)C=CC(c1ccccc1)C1C=CCC=C1. The highest BCUT2D eigenvalue weighted by atomic mass is 16.5. The van der Waals surface area contributed by atoms with Crippen LogP contribution in [0.15, 0.2) is 66.8 Å². The highest BCUT2D eigenvalue weighted by Gasteiger charge is 2.17. The number of hydrogen-bond acceptors (Lipinski definition) is 2. The average molecular weight is 254 g/mol. The van der Waals surface area contributed by atoms with Crippen LogP contribution in [-0.2, 0) is 9.53 Å². The summed E-state index contributed by atoms with van der Waals surface area (Å²) in [6, 6.07) is 10.2. The van der Waals surface area contributed by atoms with E-state index in [1.54, 1.807) is 0 Å². The zero-order chi connectivity index (χ0) is 13.5. The van der Waals surface area contributed by atoms with Crippen molar-refractivity contribution in [3.8, 4) is 0 Å². The Morgan fingerprint density at radius 2 is 1.95 bits per heavy atom. The summed E-state index contributed by atoms with van der Waals surface area (Å²) in [6.07, 6.45) is 13.1. The minimum atomic E-state index is -0.315. The number of benzene rings is 1. The predicted octanol–water partition coefficient (Wildman–Crippen LogP) is 3.63. The lowest BCUT2D eigenvalue weighted by Gasteiger charge is -2.21. The molecule has 1 aromatic carbocycles. The lowest BCUT2D eigenvalue weighted by molar-refractivity contribution is -0.134. The molecule has 1 aliphatic rings. The highest BCUT2D eigenvalue weighted by Crippen LogP contribution is 2.30. The lowest BCUT2D eigenvalue weighted by Crippen LogP contribution is -2.09. The van der Waals surface area contributed by atoms with Gasteiger partial charge in [-0.05, 0) is 12.0 Å². The molecule has 0 aromatic heterocycles. The summed E-state index contributed by atoms with van der Waals surface area (Å²) in [7, 11) is 1.39. The second kappa shape index (κ2) is 6.74. The van der Waals surface area contributed by atoms with E-state index >= 15 is 0 Å². The fraction of sp³-hybridized carbons (Fsp3) is 0.235. The molecule has 0 saturated carbocycles. The van der Waals surface area contributed by atoms with E-state index in [0.717, 1.165) is 6.42 Å². The molecule has 2 rings (SSSR count). The van der Waals surface area contributed by atoms with Crippen LogP contribution in [0.25, 0.3) is 0 Å². The van der Waals surface area contributed by atoms with Gasteiger partial charge in [0, 0.05) is 17.9 Å². The summed E-state index contributed by atoms with van der Waals surface area (Å²) in [5.41, 5.74) is 1.20. The van der Waals surface area contributed by atoms with Crippen LogP contribution in [0, 0.1) is 5.92 Å². The minimum Gasteiger partial charge on any atom is -0.466 e. The molecule has 2 nitrogen and oxygen atoms in total. The summed E-state index contributed by atoms with van der Waals surface area (Å²) < 4.78 is 4.66. The van der Waals surface area contributed by atoms with E-state index in [0.29, 0.717) is 0 Å². The van der Waals surface area contributed by atoms with Gasteiger partial charge in [0.15, 0.2) is 0 Å². The molecule has 1 atom stereocenters. The zero-order valence-electron chi connectivity index (χ0n) is 11.0. The van der Waals surface area contributed by atoms with Gasteiger partial charge in [0.05, 0.1) is 7.11 Å². The van der Waals surface area contributed by atoms with Crippen molar-refractivity contribution in [2.45, 2.75) is 12.3 Å². The van der Waals surface area contributed by atoms with Crippen molar-refractivity contribution in [2.75, 3.05) is 7.11 Å². The third-order valence-electron chi connectivity index (χ3n) is 3.23. The van der Waals surface area contributed by atoms with Gasteiger partial charge >= 0.3 is 5.97 Å². The third-order valence-corrected chi connectivity index (χ3v) is 3.23. The molecule has 0 radical (unpaired) electrons. The van der Waals surface area contributed by atoms with Crippen molar-refractivity contribution in [3.63, 3.8) is 0 Å². The van der Waals surface area contributed by atoms with Crippen molar-refractivity contribution < 1.29 is 9.53 Å². The van der Waals surface area contributed by atoms with Gasteiger partial charge in [0.2, 0.25) is 0 Å². The number of rotatable bonds is 4. The highest BCUT2D eigenvalue weighted by molar-refractivity contribution is 5.81. The van der Waals surface area contributed by atoms with Crippen molar-refractivity contribution in [1.82, 2.24) is 0 Å². The van der Waals surface area contributed by atoms with Gasteiger partial charge < -0.3 is 4.74 Å². The summed E-state index contributed by atoms with van der Waals surface area (Å²) >= 11 is 0. The van der Waals surface area contributed by atoms with E-state index in [2.05, 4.69) is 41.2 Å². The Bertz CT molecular complexity index is 485. The van der Waals surface area contributed by atoms with Crippen LogP contribution in [0.5, 0.6) is 0 Å². The molecular weight excluding hydrogens is 236 g/mol. The molecule has 2 heteroatoms. The number of carbonyl (C=O) groups excluding carboxylic acids is 1. The maximum Gasteiger partial charge on any atom is 0.330 e. The quantitative estimate of drug-likeness (QED) is 0.466. The van der Waals surface area contributed by atoms with Gasteiger partial charge in [0.25, 0.3) is 0 Å². The standard InChI is InChI=1S/C17H18O2/c1-19-17(18)13-12-16(14-8-4-2-5-9-14)15-10-6-3-7-11-15/h2,4-13,15-16H,3H2,1H3. The molecule has 0 amide bonds. The Hall–Kier alpha value is -2.09. The normalized spacial score (nSPS) is 16.7. The topological polar surface area (TPSA) is 26.3 Å². The molecule has 0 aliphatic heterocycles. The summed E-state index contributed by atoms with van der Waals surface area (Å²) in [5, 5.41) is 0. The van der Waals surface area contributed by atoms with Crippen LogP contribution in [0.2, 0.25) is 0 Å². The van der Waals surface area contributed by atoms with E-state index in [-0.39, 0.29) is 17.8 Å². The zero-order valence-corrected chi connectivity index (χ0v) is 11.0. The monoisotopic (exact) mass is 254 g/mol. The molecule has 0 bridgehead atoms. The van der Waals surface area contributed by atoms with E-state index in [1.807, 2.05) is 24.3 Å². The Morgan fingerprint density at radius 1 is 1.26 bits per heavy atom. The average Bonchev–Trinajstić information content (AvgIpc) is 2.49. The van der Waals surface area contributed by atoms with E-state index in [4.69, 9.17) is 0 Å². The predicted molar refractivity (Wildman–Crippen MR) is 76.7 cm³/mol. The fourth-order valence-corrected chi connectivity index (χ4v) is 2.24. The van der Waals surface area contributed by atoms with Crippen LogP contribution < -0.4 is 0 Å². The maximum atomic E-state index is 11.3. The molecule has 1 aromatic rings. The molecule has 0 fully saturated rings. The van der Waals surface area contributed by atoms with Crippen LogP contribution in [0.3, 0.4) is 0 Å². The Morgan fingerprint density at radius 3 is 2.58 bits per heavy atom. The maximum absolute atomic E-state index is 11.3. The summed E-state index contributed by atoms with van der Waals surface area (Å²) in [6.45, 7) is 0. The van der Waals surface area contributed by atoms with E-state index in [9.17, 15) is 4.79 Å². The lowest BCUT2D eigenvalue weighted by atomic mass is 9.83. The summed E-state index contributed by atoms with van der Waals surface area (Å²) in [5.74, 6) is 0.134. The first-order valence-electron chi connectivity index (χ1n) is 6.45. The van der Waals surface area contributed by atoms with Gasteiger partial charge in [-0.2, -0.15) is 0 Å². The number of carbonyl (C=O) groups is 1. The van der Waals surface area contributed by atoms with Crippen molar-refractivity contribution in [1.29, 1.82) is 0 Å². The molecule has 0 heterocycles. The van der Waals surface area contributed by atoms with Crippen LogP contribution >= 0.6 is 0 Å². The largest absolute Gasteiger partial charge is 0.466 e. The van der Waals surface area contributed by atoms with Gasteiger partial charge in [-0.15, -0.1) is 0 Å². The first-order valence-corrected chi connectivity index (χ1v) is 6.45. The van der Waals surface area contributed by atoms with Crippen molar-refractivity contribution in [2.24, 2.45) is 5.92 Å².